The van der Waals surface area contributed by atoms with Crippen molar-refractivity contribution >= 4 is 11.6 Å². The van der Waals surface area contributed by atoms with Crippen LogP contribution in [0.1, 0.15) is 36.9 Å². The van der Waals surface area contributed by atoms with Crippen molar-refractivity contribution in [1.29, 1.82) is 0 Å². The van der Waals surface area contributed by atoms with Crippen molar-refractivity contribution in [3.05, 3.63) is 46.0 Å². The molecule has 0 radical (unpaired) electrons. The molecular formula is C15H18ClFN2O2. The monoisotopic (exact) mass is 312 g/mol. The maximum atomic E-state index is 13.3. The van der Waals surface area contributed by atoms with Crippen LogP contribution < -0.4 is 4.74 Å². The molecule has 114 valence electrons. The van der Waals surface area contributed by atoms with E-state index in [4.69, 9.17) is 16.3 Å². The first-order valence-electron chi connectivity index (χ1n) is 6.76. The molecule has 1 atom stereocenters. The largest absolute Gasteiger partial charge is 0.487 e. The van der Waals surface area contributed by atoms with Gasteiger partial charge in [-0.15, -0.1) is 0 Å². The van der Waals surface area contributed by atoms with Gasteiger partial charge in [0.2, 0.25) is 0 Å². The van der Waals surface area contributed by atoms with E-state index in [0.29, 0.717) is 22.9 Å². The highest BCUT2D eigenvalue weighted by Gasteiger charge is 2.15. The number of hydrogen-bond donors (Lipinski definition) is 1. The van der Waals surface area contributed by atoms with Crippen LogP contribution in [0.4, 0.5) is 4.39 Å². The van der Waals surface area contributed by atoms with Gasteiger partial charge in [-0.3, -0.25) is 4.68 Å². The first kappa shape index (κ1) is 15.8. The molecule has 0 bridgehead atoms. The summed E-state index contributed by atoms with van der Waals surface area (Å²) in [6, 6.07) is 4.07. The summed E-state index contributed by atoms with van der Waals surface area (Å²) >= 11 is 6.21. The van der Waals surface area contributed by atoms with Gasteiger partial charge in [0.25, 0.3) is 0 Å². The molecular weight excluding hydrogens is 295 g/mol. The Morgan fingerprint density at radius 2 is 2.19 bits per heavy atom. The number of benzene rings is 1. The number of ether oxygens (including phenoxy) is 1. The van der Waals surface area contributed by atoms with Crippen LogP contribution in [-0.4, -0.2) is 14.9 Å². The molecule has 0 unspecified atom stereocenters. The van der Waals surface area contributed by atoms with Crippen molar-refractivity contribution in [3.8, 4) is 5.75 Å². The molecule has 0 amide bonds. The summed E-state index contributed by atoms with van der Waals surface area (Å²) in [7, 11) is 0. The Morgan fingerprint density at radius 1 is 1.48 bits per heavy atom. The average molecular weight is 313 g/mol. The lowest BCUT2D eigenvalue weighted by Crippen LogP contribution is -2.08. The van der Waals surface area contributed by atoms with Crippen molar-refractivity contribution in [1.82, 2.24) is 9.78 Å². The van der Waals surface area contributed by atoms with Crippen molar-refractivity contribution in [2.24, 2.45) is 0 Å². The maximum Gasteiger partial charge on any atom is 0.131 e. The Kier molecular flexibility index (Phi) is 4.85. The number of aliphatic hydroxyl groups is 1. The predicted octanol–water partition coefficient (Wildman–Crippen LogP) is 3.64. The molecule has 0 aliphatic heterocycles. The summed E-state index contributed by atoms with van der Waals surface area (Å²) in [6.07, 6.45) is -0.816. The quantitative estimate of drug-likeness (QED) is 0.917. The fraction of sp³-hybridized carbons (Fsp3) is 0.400. The first-order valence-corrected chi connectivity index (χ1v) is 7.14. The summed E-state index contributed by atoms with van der Waals surface area (Å²) in [5, 5.41) is 14.6. The van der Waals surface area contributed by atoms with Gasteiger partial charge in [-0.1, -0.05) is 11.6 Å². The number of aliphatic hydroxyl groups excluding tert-OH is 1. The van der Waals surface area contributed by atoms with Crippen molar-refractivity contribution in [2.45, 2.75) is 40.0 Å². The summed E-state index contributed by atoms with van der Waals surface area (Å²) < 4.78 is 20.7. The summed E-state index contributed by atoms with van der Waals surface area (Å²) in [5.74, 6) is 0.0229. The fourth-order valence-electron chi connectivity index (χ4n) is 2.13. The Labute approximate surface area is 128 Å². The van der Waals surface area contributed by atoms with Crippen LogP contribution in [0.25, 0.3) is 0 Å². The van der Waals surface area contributed by atoms with Gasteiger partial charge in [-0.05, 0) is 39.0 Å². The van der Waals surface area contributed by atoms with E-state index in [2.05, 4.69) is 5.10 Å². The first-order chi connectivity index (χ1) is 9.93. The second-order valence-electron chi connectivity index (χ2n) is 4.81. The standard InChI is InChI=1S/C15H18ClFN2O2/c1-4-19-13(15(16)9(2)18-19)8-21-14-6-5-11(17)7-12(14)10(3)20/h5-7,10,20H,4,8H2,1-3H3/t10-/m1/s1. The average Bonchev–Trinajstić information content (AvgIpc) is 2.72. The van der Waals surface area contributed by atoms with E-state index in [9.17, 15) is 9.50 Å². The number of aryl methyl sites for hydroxylation is 2. The van der Waals surface area contributed by atoms with E-state index in [1.165, 1.54) is 18.2 Å². The minimum Gasteiger partial charge on any atom is -0.487 e. The predicted molar refractivity (Wildman–Crippen MR) is 79.0 cm³/mol. The molecule has 1 aromatic heterocycles. The summed E-state index contributed by atoms with van der Waals surface area (Å²) in [6.45, 7) is 6.25. The molecule has 0 spiro atoms. The van der Waals surface area contributed by atoms with Crippen molar-refractivity contribution in [2.75, 3.05) is 0 Å². The smallest absolute Gasteiger partial charge is 0.131 e. The van der Waals surface area contributed by atoms with Crippen LogP contribution in [0.3, 0.4) is 0 Å². The van der Waals surface area contributed by atoms with E-state index < -0.39 is 11.9 Å². The highest BCUT2D eigenvalue weighted by molar-refractivity contribution is 6.31. The normalized spacial score (nSPS) is 12.5. The van der Waals surface area contributed by atoms with Crippen LogP contribution >= 0.6 is 11.6 Å². The fourth-order valence-corrected chi connectivity index (χ4v) is 2.32. The van der Waals surface area contributed by atoms with E-state index >= 15 is 0 Å². The summed E-state index contributed by atoms with van der Waals surface area (Å²) in [5.41, 5.74) is 1.91. The van der Waals surface area contributed by atoms with Crippen LogP contribution in [-0.2, 0) is 13.2 Å². The van der Waals surface area contributed by atoms with E-state index in [-0.39, 0.29) is 6.61 Å². The van der Waals surface area contributed by atoms with Gasteiger partial charge in [-0.25, -0.2) is 4.39 Å². The van der Waals surface area contributed by atoms with Gasteiger partial charge in [0.1, 0.15) is 18.2 Å². The van der Waals surface area contributed by atoms with Crippen LogP contribution in [0.15, 0.2) is 18.2 Å². The SMILES string of the molecule is CCn1nc(C)c(Cl)c1COc1ccc(F)cc1[C@@H](C)O. The van der Waals surface area contributed by atoms with Gasteiger partial charge in [0, 0.05) is 12.1 Å². The second-order valence-corrected chi connectivity index (χ2v) is 5.19. The van der Waals surface area contributed by atoms with E-state index in [0.717, 1.165) is 11.4 Å². The molecule has 21 heavy (non-hydrogen) atoms. The third kappa shape index (κ3) is 3.36. The minimum absolute atomic E-state index is 0.207. The molecule has 6 heteroatoms. The zero-order chi connectivity index (χ0) is 15.6. The van der Waals surface area contributed by atoms with E-state index in [1.54, 1.807) is 11.6 Å². The van der Waals surface area contributed by atoms with Crippen LogP contribution in [0.5, 0.6) is 5.75 Å². The number of aromatic nitrogens is 2. The molecule has 0 saturated heterocycles. The number of hydrogen-bond acceptors (Lipinski definition) is 3. The van der Waals surface area contributed by atoms with Crippen LogP contribution in [0.2, 0.25) is 5.02 Å². The van der Waals surface area contributed by atoms with Gasteiger partial charge in [-0.2, -0.15) is 5.10 Å². The molecule has 2 aromatic rings. The Balaban J connectivity index is 2.25. The lowest BCUT2D eigenvalue weighted by Gasteiger charge is -2.14. The highest BCUT2D eigenvalue weighted by atomic mass is 35.5. The molecule has 0 fully saturated rings. The van der Waals surface area contributed by atoms with Gasteiger partial charge >= 0.3 is 0 Å². The summed E-state index contributed by atoms with van der Waals surface area (Å²) in [4.78, 5) is 0. The molecule has 0 saturated carbocycles. The Morgan fingerprint density at radius 3 is 2.81 bits per heavy atom. The highest BCUT2D eigenvalue weighted by Crippen LogP contribution is 2.28. The maximum absolute atomic E-state index is 13.3. The number of rotatable bonds is 5. The minimum atomic E-state index is -0.816. The molecule has 2 rings (SSSR count). The van der Waals surface area contributed by atoms with Crippen LogP contribution in [0, 0.1) is 12.7 Å². The topological polar surface area (TPSA) is 47.3 Å². The van der Waals surface area contributed by atoms with Gasteiger partial charge in [0.05, 0.1) is 22.5 Å². The third-order valence-corrected chi connectivity index (χ3v) is 3.73. The second kappa shape index (κ2) is 6.45. The number of nitrogens with zero attached hydrogens (tertiary/aromatic N) is 2. The molecule has 0 aliphatic carbocycles. The van der Waals surface area contributed by atoms with E-state index in [1.807, 2.05) is 13.8 Å². The van der Waals surface area contributed by atoms with Crippen molar-refractivity contribution in [3.63, 3.8) is 0 Å². The third-order valence-electron chi connectivity index (χ3n) is 3.24. The lowest BCUT2D eigenvalue weighted by molar-refractivity contribution is 0.188. The zero-order valence-electron chi connectivity index (χ0n) is 12.2. The van der Waals surface area contributed by atoms with Gasteiger partial charge in [0.15, 0.2) is 0 Å². The molecule has 1 aromatic carbocycles. The molecule has 1 heterocycles. The van der Waals surface area contributed by atoms with Gasteiger partial charge < -0.3 is 9.84 Å². The zero-order valence-corrected chi connectivity index (χ0v) is 13.0. The Bertz CT molecular complexity index is 641. The Hall–Kier alpha value is -1.59. The number of halogens is 2. The molecule has 1 N–H and O–H groups in total. The molecule has 0 aliphatic rings. The lowest BCUT2D eigenvalue weighted by atomic mass is 10.1. The molecule has 4 nitrogen and oxygen atoms in total. The van der Waals surface area contributed by atoms with Crippen molar-refractivity contribution < 1.29 is 14.2 Å².